The van der Waals surface area contributed by atoms with Crippen LogP contribution in [0.4, 0.5) is 0 Å². The molecule has 1 aliphatic rings. The molecule has 0 aliphatic heterocycles. The Balaban J connectivity index is 2.43. The second-order valence-corrected chi connectivity index (χ2v) is 10.6. The maximum Gasteiger partial charge on any atom is 0.252 e. The molecule has 0 radical (unpaired) electrons. The zero-order valence-corrected chi connectivity index (χ0v) is 21.7. The number of rotatable bonds is 12. The third-order valence-corrected chi connectivity index (χ3v) is 6.55. The summed E-state index contributed by atoms with van der Waals surface area (Å²) in [7, 11) is -0.351. The fourth-order valence-corrected chi connectivity index (χ4v) is 4.81. The number of nitrogens with one attached hydrogen (secondary N) is 1. The smallest absolute Gasteiger partial charge is 0.252 e. The fourth-order valence-electron chi connectivity index (χ4n) is 3.69. The lowest BCUT2D eigenvalue weighted by molar-refractivity contribution is -0.127. The van der Waals surface area contributed by atoms with Crippen LogP contribution in [0.5, 0.6) is 11.5 Å². The lowest BCUT2D eigenvalue weighted by Crippen LogP contribution is -2.38. The van der Waals surface area contributed by atoms with E-state index in [1.807, 2.05) is 13.0 Å². The minimum absolute atomic E-state index is 0.223. The van der Waals surface area contributed by atoms with E-state index in [-0.39, 0.29) is 24.0 Å². The number of halogens is 1. The zero-order chi connectivity index (χ0) is 25.3. The van der Waals surface area contributed by atoms with Crippen LogP contribution in [0.15, 0.2) is 41.6 Å². The third kappa shape index (κ3) is 7.77. The number of carbonyl (C=O) groups is 2. The third-order valence-electron chi connectivity index (χ3n) is 5.36. The number of hydrogen-bond acceptors (Lipinski definition) is 6. The highest BCUT2D eigenvalue weighted by Crippen LogP contribution is 2.33. The Morgan fingerprint density at radius 3 is 2.62 bits per heavy atom. The average Bonchev–Trinajstić information content (AvgIpc) is 2.80. The van der Waals surface area contributed by atoms with Crippen molar-refractivity contribution in [1.29, 1.82) is 0 Å². The lowest BCUT2D eigenvalue weighted by Gasteiger charge is -2.30. The van der Waals surface area contributed by atoms with E-state index in [0.29, 0.717) is 60.1 Å². The molecule has 0 spiro atoms. The Kier molecular flexibility index (Phi) is 10.4. The SMILES string of the molecule is CCOc1cc([C@@H](CS(C)(=O)=O)N(C)C(=O)C2=C(NC(=O)CCCCl)C=CCC2)ccc1OC. The minimum atomic E-state index is -3.44. The van der Waals surface area contributed by atoms with Crippen molar-refractivity contribution >= 4 is 33.3 Å². The van der Waals surface area contributed by atoms with Crippen molar-refractivity contribution < 1.29 is 27.5 Å². The highest BCUT2D eigenvalue weighted by Gasteiger charge is 2.30. The van der Waals surface area contributed by atoms with Crippen molar-refractivity contribution in [2.24, 2.45) is 0 Å². The Hall–Kier alpha value is -2.52. The summed E-state index contributed by atoms with van der Waals surface area (Å²) in [4.78, 5) is 27.2. The topological polar surface area (TPSA) is 102 Å². The largest absolute Gasteiger partial charge is 0.493 e. The molecule has 0 heterocycles. The molecular formula is C24H33ClN2O6S. The van der Waals surface area contributed by atoms with Gasteiger partial charge >= 0.3 is 0 Å². The van der Waals surface area contributed by atoms with E-state index in [9.17, 15) is 18.0 Å². The van der Waals surface area contributed by atoms with Crippen molar-refractivity contribution in [2.75, 3.05) is 38.7 Å². The average molecular weight is 513 g/mol. The Bertz CT molecular complexity index is 1050. The summed E-state index contributed by atoms with van der Waals surface area (Å²) in [6.45, 7) is 2.24. The monoisotopic (exact) mass is 512 g/mol. The van der Waals surface area contributed by atoms with E-state index in [1.165, 1.54) is 12.0 Å². The van der Waals surface area contributed by atoms with E-state index >= 15 is 0 Å². The van der Waals surface area contributed by atoms with Gasteiger partial charge in [-0.3, -0.25) is 9.59 Å². The number of methoxy groups -OCH3 is 1. The molecule has 1 aliphatic carbocycles. The fraction of sp³-hybridized carbons (Fsp3) is 0.500. The zero-order valence-electron chi connectivity index (χ0n) is 20.1. The number of allylic oxidation sites excluding steroid dienone is 2. The van der Waals surface area contributed by atoms with Crippen LogP contribution in [0.25, 0.3) is 0 Å². The summed E-state index contributed by atoms with van der Waals surface area (Å²) in [5.74, 6) is 0.510. The maximum absolute atomic E-state index is 13.5. The maximum atomic E-state index is 13.5. The standard InChI is InChI=1S/C24H33ClN2O6S/c1-5-33-22-15-17(12-13-21(22)32-3)20(16-34(4,30)31)27(2)24(29)18-9-6-7-10-19(18)26-23(28)11-8-14-25/h7,10,12-13,15,20H,5-6,8-9,11,14,16H2,1-4H3,(H,26,28)/t20-/m1/s1. The van der Waals surface area contributed by atoms with Crippen molar-refractivity contribution in [1.82, 2.24) is 10.2 Å². The van der Waals surface area contributed by atoms with Gasteiger partial charge in [-0.25, -0.2) is 8.42 Å². The van der Waals surface area contributed by atoms with Gasteiger partial charge in [-0.15, -0.1) is 11.6 Å². The van der Waals surface area contributed by atoms with Gasteiger partial charge in [-0.2, -0.15) is 0 Å². The summed E-state index contributed by atoms with van der Waals surface area (Å²) < 4.78 is 35.5. The highest BCUT2D eigenvalue weighted by atomic mass is 35.5. The van der Waals surface area contributed by atoms with Crippen molar-refractivity contribution in [3.63, 3.8) is 0 Å². The number of sulfone groups is 1. The number of alkyl halides is 1. The van der Waals surface area contributed by atoms with Gasteiger partial charge in [0.2, 0.25) is 5.91 Å². The number of hydrogen-bond donors (Lipinski definition) is 1. The van der Waals surface area contributed by atoms with Crippen LogP contribution >= 0.6 is 11.6 Å². The molecule has 0 saturated heterocycles. The molecule has 0 saturated carbocycles. The van der Waals surface area contributed by atoms with E-state index in [2.05, 4.69) is 5.32 Å². The Labute approximate surface area is 206 Å². The summed E-state index contributed by atoms with van der Waals surface area (Å²) in [5, 5.41) is 2.80. The predicted octanol–water partition coefficient (Wildman–Crippen LogP) is 3.38. The molecule has 0 fully saturated rings. The first-order valence-electron chi connectivity index (χ1n) is 11.1. The van der Waals surface area contributed by atoms with Gasteiger partial charge in [0, 0.05) is 36.9 Å². The summed E-state index contributed by atoms with van der Waals surface area (Å²) >= 11 is 5.67. The molecule has 8 nitrogen and oxygen atoms in total. The van der Waals surface area contributed by atoms with Crippen LogP contribution < -0.4 is 14.8 Å². The molecule has 0 unspecified atom stereocenters. The summed E-state index contributed by atoms with van der Waals surface area (Å²) in [6.07, 6.45) is 6.60. The van der Waals surface area contributed by atoms with Gasteiger partial charge in [0.15, 0.2) is 11.5 Å². The van der Waals surface area contributed by atoms with E-state index in [0.717, 1.165) is 6.26 Å². The molecule has 2 amide bonds. The molecule has 10 heteroatoms. The number of benzene rings is 1. The predicted molar refractivity (Wildman–Crippen MR) is 133 cm³/mol. The van der Waals surface area contributed by atoms with Crippen molar-refractivity contribution in [2.45, 2.75) is 38.6 Å². The number of carbonyl (C=O) groups excluding carboxylic acids is 2. The molecule has 34 heavy (non-hydrogen) atoms. The number of likely N-dealkylation sites (N-methyl/N-ethyl adjacent to an activating group) is 1. The van der Waals surface area contributed by atoms with Gasteiger partial charge in [0.05, 0.1) is 25.5 Å². The molecule has 1 atom stereocenters. The van der Waals surface area contributed by atoms with E-state index < -0.39 is 15.9 Å². The molecule has 1 aromatic rings. The number of amides is 2. The summed E-state index contributed by atoms with van der Waals surface area (Å²) in [5.41, 5.74) is 1.47. The minimum Gasteiger partial charge on any atom is -0.493 e. The molecule has 0 aromatic heterocycles. The van der Waals surface area contributed by atoms with Gasteiger partial charge in [0.1, 0.15) is 9.84 Å². The summed E-state index contributed by atoms with van der Waals surface area (Å²) in [6, 6.07) is 4.36. The van der Waals surface area contributed by atoms with E-state index in [1.54, 1.807) is 31.3 Å². The van der Waals surface area contributed by atoms with Crippen LogP contribution in [0.1, 0.15) is 44.2 Å². The first kappa shape index (κ1) is 27.7. The van der Waals surface area contributed by atoms with Crippen molar-refractivity contribution in [3.8, 4) is 11.5 Å². The second kappa shape index (κ2) is 12.8. The first-order chi connectivity index (χ1) is 16.1. The molecule has 0 bridgehead atoms. The van der Waals surface area contributed by atoms with Gasteiger partial charge < -0.3 is 19.7 Å². The van der Waals surface area contributed by atoms with Gasteiger partial charge in [0.25, 0.3) is 5.91 Å². The van der Waals surface area contributed by atoms with Crippen LogP contribution in [-0.4, -0.2) is 63.8 Å². The van der Waals surface area contributed by atoms with Gasteiger partial charge in [-0.1, -0.05) is 12.1 Å². The lowest BCUT2D eigenvalue weighted by atomic mass is 9.99. The second-order valence-electron chi connectivity index (χ2n) is 8.04. The Morgan fingerprint density at radius 1 is 1.26 bits per heavy atom. The molecular weight excluding hydrogens is 480 g/mol. The molecule has 1 aromatic carbocycles. The van der Waals surface area contributed by atoms with Gasteiger partial charge in [-0.05, 0) is 50.0 Å². The number of nitrogens with zero attached hydrogens (tertiary/aromatic N) is 1. The Morgan fingerprint density at radius 2 is 2.00 bits per heavy atom. The van der Waals surface area contributed by atoms with Crippen LogP contribution in [-0.2, 0) is 19.4 Å². The normalized spacial score (nSPS) is 14.5. The molecule has 188 valence electrons. The van der Waals surface area contributed by atoms with E-state index in [4.69, 9.17) is 21.1 Å². The quantitative estimate of drug-likeness (QED) is 0.431. The van der Waals surface area contributed by atoms with Crippen LogP contribution in [0, 0.1) is 0 Å². The van der Waals surface area contributed by atoms with Crippen molar-refractivity contribution in [3.05, 3.63) is 47.2 Å². The highest BCUT2D eigenvalue weighted by molar-refractivity contribution is 7.90. The molecule has 1 N–H and O–H groups in total. The first-order valence-corrected chi connectivity index (χ1v) is 13.7. The molecule has 2 rings (SSSR count). The van der Waals surface area contributed by atoms with Crippen LogP contribution in [0.3, 0.4) is 0 Å². The van der Waals surface area contributed by atoms with Crippen LogP contribution in [0.2, 0.25) is 0 Å². The number of ether oxygens (including phenoxy) is 2.